The summed E-state index contributed by atoms with van der Waals surface area (Å²) in [7, 11) is 0. The fraction of sp³-hybridized carbons (Fsp3) is 0. The van der Waals surface area contributed by atoms with E-state index in [1.54, 1.807) is 23.5 Å². The van der Waals surface area contributed by atoms with Crippen LogP contribution in [-0.2, 0) is 0 Å². The molecule has 0 amide bonds. The maximum Gasteiger partial charge on any atom is 0.180 e. The number of aromatic nitrogens is 2. The van der Waals surface area contributed by atoms with Crippen LogP contribution in [0.5, 0.6) is 0 Å². The predicted molar refractivity (Wildman–Crippen MR) is 92.8 cm³/mol. The van der Waals surface area contributed by atoms with Gasteiger partial charge in [0.15, 0.2) is 5.43 Å². The number of pyridine rings is 2. The average molecular weight is 302 g/mol. The molecule has 104 valence electrons. The molecule has 5 rings (SSSR count). The molecule has 0 saturated heterocycles. The van der Waals surface area contributed by atoms with Gasteiger partial charge in [-0.3, -0.25) is 4.79 Å². The Balaban J connectivity index is 2.25. The fourth-order valence-corrected chi connectivity index (χ4v) is 4.21. The van der Waals surface area contributed by atoms with E-state index >= 15 is 0 Å². The normalized spacial score (nSPS) is 11.8. The summed E-state index contributed by atoms with van der Waals surface area (Å²) in [5.74, 6) is 0. The van der Waals surface area contributed by atoms with Gasteiger partial charge in [0.2, 0.25) is 0 Å². The lowest BCUT2D eigenvalue weighted by Gasteiger charge is -2.11. The summed E-state index contributed by atoms with van der Waals surface area (Å²) in [6, 6.07) is 15.5. The lowest BCUT2D eigenvalue weighted by Crippen LogP contribution is -1.97. The summed E-state index contributed by atoms with van der Waals surface area (Å²) in [5, 5.41) is 4.57. The van der Waals surface area contributed by atoms with Gasteiger partial charge in [-0.1, -0.05) is 6.07 Å². The molecule has 0 unspecified atom stereocenters. The third kappa shape index (κ3) is 1.50. The van der Waals surface area contributed by atoms with Crippen molar-refractivity contribution in [3.8, 4) is 0 Å². The Hall–Kier alpha value is -2.72. The third-order valence-electron chi connectivity index (χ3n) is 4.05. The van der Waals surface area contributed by atoms with Crippen LogP contribution in [-0.4, -0.2) is 9.97 Å². The Morgan fingerprint density at radius 3 is 2.82 bits per heavy atom. The summed E-state index contributed by atoms with van der Waals surface area (Å²) in [5.41, 5.74) is 1.93. The molecule has 5 aromatic rings. The van der Waals surface area contributed by atoms with Gasteiger partial charge < -0.3 is 4.98 Å². The van der Waals surface area contributed by atoms with Crippen molar-refractivity contribution in [1.29, 1.82) is 0 Å². The van der Waals surface area contributed by atoms with Crippen molar-refractivity contribution in [3.05, 3.63) is 65.0 Å². The molecule has 2 aromatic carbocycles. The number of rotatable bonds is 0. The van der Waals surface area contributed by atoms with E-state index in [1.807, 2.05) is 24.4 Å². The minimum atomic E-state index is 0.0167. The SMILES string of the molecule is O=c1ccc2c(c1)[nH]c1cccc3sc4ncccc4c2c13. The topological polar surface area (TPSA) is 45.8 Å². The highest BCUT2D eigenvalue weighted by Crippen LogP contribution is 2.38. The molecular formula is C18H10N2OS. The van der Waals surface area contributed by atoms with Gasteiger partial charge in [0, 0.05) is 44.0 Å². The van der Waals surface area contributed by atoms with Crippen LogP contribution in [0.4, 0.5) is 0 Å². The van der Waals surface area contributed by atoms with Crippen LogP contribution in [0.2, 0.25) is 0 Å². The quantitative estimate of drug-likeness (QED) is 0.339. The standard InChI is InChI=1S/C18H10N2OS/c21-10-6-7-11-14(9-10)20-13-4-1-5-15-17(13)16(11)12-3-2-8-19-18(12)22-15/h1-9,20H. The van der Waals surface area contributed by atoms with E-state index in [0.29, 0.717) is 0 Å². The number of nitrogens with one attached hydrogen (secondary N) is 1. The zero-order valence-corrected chi connectivity index (χ0v) is 12.3. The monoisotopic (exact) mass is 302 g/mol. The maximum atomic E-state index is 11.7. The summed E-state index contributed by atoms with van der Waals surface area (Å²) >= 11 is 1.69. The van der Waals surface area contributed by atoms with Crippen molar-refractivity contribution in [3.63, 3.8) is 0 Å². The molecule has 0 bridgehead atoms. The minimum Gasteiger partial charge on any atom is -0.354 e. The maximum absolute atomic E-state index is 11.7. The molecule has 0 radical (unpaired) electrons. The van der Waals surface area contributed by atoms with Crippen LogP contribution in [0.3, 0.4) is 0 Å². The van der Waals surface area contributed by atoms with Crippen molar-refractivity contribution in [2.24, 2.45) is 0 Å². The molecule has 0 aliphatic heterocycles. The van der Waals surface area contributed by atoms with Gasteiger partial charge in [0.05, 0.1) is 5.52 Å². The number of H-pyrrole nitrogens is 1. The molecule has 1 N–H and O–H groups in total. The van der Waals surface area contributed by atoms with Gasteiger partial charge in [-0.15, -0.1) is 11.3 Å². The van der Waals surface area contributed by atoms with Gasteiger partial charge in [0.25, 0.3) is 0 Å². The molecule has 3 heterocycles. The molecule has 0 saturated carbocycles. The van der Waals surface area contributed by atoms with Crippen LogP contribution in [0.1, 0.15) is 0 Å². The summed E-state index contributed by atoms with van der Waals surface area (Å²) in [6.45, 7) is 0. The molecule has 0 atom stereocenters. The van der Waals surface area contributed by atoms with Crippen LogP contribution >= 0.6 is 11.3 Å². The second-order valence-corrected chi connectivity index (χ2v) is 6.37. The first kappa shape index (κ1) is 11.9. The molecule has 0 aliphatic rings. The molecule has 0 spiro atoms. The van der Waals surface area contributed by atoms with Crippen LogP contribution in [0.25, 0.3) is 42.1 Å². The number of hydrogen-bond donors (Lipinski definition) is 1. The van der Waals surface area contributed by atoms with Gasteiger partial charge in [-0.2, -0.15) is 0 Å². The molecule has 0 fully saturated rings. The molecule has 4 heteroatoms. The highest BCUT2D eigenvalue weighted by atomic mass is 32.1. The number of aromatic amines is 1. The van der Waals surface area contributed by atoms with E-state index in [4.69, 9.17) is 0 Å². The van der Waals surface area contributed by atoms with Gasteiger partial charge >= 0.3 is 0 Å². The van der Waals surface area contributed by atoms with Gasteiger partial charge in [-0.05, 0) is 36.4 Å². The van der Waals surface area contributed by atoms with E-state index in [9.17, 15) is 4.79 Å². The van der Waals surface area contributed by atoms with Crippen molar-refractivity contribution in [2.45, 2.75) is 0 Å². The highest BCUT2D eigenvalue weighted by molar-refractivity contribution is 7.24. The first-order chi connectivity index (χ1) is 10.8. The van der Waals surface area contributed by atoms with Crippen molar-refractivity contribution >= 4 is 53.4 Å². The van der Waals surface area contributed by atoms with E-state index in [0.717, 1.165) is 26.6 Å². The number of benzene rings is 2. The fourth-order valence-electron chi connectivity index (χ4n) is 3.15. The van der Waals surface area contributed by atoms with Crippen LogP contribution in [0.15, 0.2) is 59.5 Å². The summed E-state index contributed by atoms with van der Waals surface area (Å²) in [6.07, 6.45) is 1.82. The zero-order chi connectivity index (χ0) is 14.7. The van der Waals surface area contributed by atoms with Crippen LogP contribution in [0, 0.1) is 0 Å². The zero-order valence-electron chi connectivity index (χ0n) is 11.5. The highest BCUT2D eigenvalue weighted by Gasteiger charge is 2.12. The largest absolute Gasteiger partial charge is 0.354 e. The minimum absolute atomic E-state index is 0.0167. The second-order valence-electron chi connectivity index (χ2n) is 5.34. The van der Waals surface area contributed by atoms with E-state index in [-0.39, 0.29) is 5.43 Å². The Bertz CT molecular complexity index is 1250. The smallest absolute Gasteiger partial charge is 0.180 e. The van der Waals surface area contributed by atoms with Gasteiger partial charge in [-0.25, -0.2) is 4.98 Å². The van der Waals surface area contributed by atoms with E-state index in [1.165, 1.54) is 15.5 Å². The first-order valence-corrected chi connectivity index (χ1v) is 7.85. The van der Waals surface area contributed by atoms with E-state index in [2.05, 4.69) is 28.2 Å². The molecule has 3 nitrogen and oxygen atoms in total. The van der Waals surface area contributed by atoms with Crippen molar-refractivity contribution in [1.82, 2.24) is 9.97 Å². The summed E-state index contributed by atoms with van der Waals surface area (Å²) in [4.78, 5) is 20.6. The molecule has 0 aliphatic carbocycles. The second kappa shape index (κ2) is 4.15. The van der Waals surface area contributed by atoms with Crippen molar-refractivity contribution in [2.75, 3.05) is 0 Å². The third-order valence-corrected chi connectivity index (χ3v) is 5.13. The van der Waals surface area contributed by atoms with E-state index < -0.39 is 0 Å². The average Bonchev–Trinajstić information content (AvgIpc) is 2.54. The lowest BCUT2D eigenvalue weighted by molar-refractivity contribution is 1.45. The predicted octanol–water partition coefficient (Wildman–Crippen LogP) is 4.44. The number of hydrogen-bond acceptors (Lipinski definition) is 3. The van der Waals surface area contributed by atoms with Crippen LogP contribution < -0.4 is 5.43 Å². The Morgan fingerprint density at radius 1 is 0.909 bits per heavy atom. The first-order valence-electron chi connectivity index (χ1n) is 7.03. The Morgan fingerprint density at radius 2 is 1.86 bits per heavy atom. The molecular weight excluding hydrogens is 292 g/mol. The Labute approximate surface area is 128 Å². The van der Waals surface area contributed by atoms with Crippen molar-refractivity contribution < 1.29 is 0 Å². The summed E-state index contributed by atoms with van der Waals surface area (Å²) < 4.78 is 1.20. The number of nitrogens with zero attached hydrogens (tertiary/aromatic N) is 1. The molecule has 3 aromatic heterocycles. The van der Waals surface area contributed by atoms with Gasteiger partial charge in [0.1, 0.15) is 4.83 Å². The Kier molecular flexibility index (Phi) is 2.24. The molecule has 22 heavy (non-hydrogen) atoms. The lowest BCUT2D eigenvalue weighted by atomic mass is 10.0. The number of fused-ring (bicyclic) bond motifs is 4.